The van der Waals surface area contributed by atoms with Crippen LogP contribution in [-0.2, 0) is 0 Å². The third-order valence-electron chi connectivity index (χ3n) is 2.15. The predicted octanol–water partition coefficient (Wildman–Crippen LogP) is 4.15. The molecule has 1 rings (SSSR count). The zero-order valence-electron chi connectivity index (χ0n) is 9.20. The Hall–Kier alpha value is -0.810. The summed E-state index contributed by atoms with van der Waals surface area (Å²) in [4.78, 5) is 10.4. The van der Waals surface area contributed by atoms with Crippen molar-refractivity contribution in [3.05, 3.63) is 32.8 Å². The lowest BCUT2D eigenvalue weighted by molar-refractivity contribution is -0.385. The maximum Gasteiger partial charge on any atom is 0.312 e. The standard InChI is InChI=1S/C11H13BrClNO3/c12-9-4-5-11(10(8-9)14(15)16)17-7-3-1-2-6-13/h4-5,8H,1-3,6-7H2. The van der Waals surface area contributed by atoms with Crippen molar-refractivity contribution < 1.29 is 9.66 Å². The Morgan fingerprint density at radius 1 is 1.35 bits per heavy atom. The van der Waals surface area contributed by atoms with Crippen LogP contribution in [-0.4, -0.2) is 17.4 Å². The van der Waals surface area contributed by atoms with Gasteiger partial charge in [-0.25, -0.2) is 0 Å². The van der Waals surface area contributed by atoms with Gasteiger partial charge >= 0.3 is 5.69 Å². The fourth-order valence-electron chi connectivity index (χ4n) is 1.31. The number of alkyl halides is 1. The summed E-state index contributed by atoms with van der Waals surface area (Å²) in [5, 5.41) is 10.8. The summed E-state index contributed by atoms with van der Waals surface area (Å²) in [7, 11) is 0. The molecule has 0 spiro atoms. The molecule has 0 amide bonds. The first kappa shape index (κ1) is 14.3. The third-order valence-corrected chi connectivity index (χ3v) is 2.91. The Balaban J connectivity index is 2.55. The fourth-order valence-corrected chi connectivity index (χ4v) is 1.85. The summed E-state index contributed by atoms with van der Waals surface area (Å²) in [6, 6.07) is 4.76. The Kier molecular flexibility index (Phi) is 6.29. The number of nitro groups is 1. The molecule has 0 aliphatic rings. The van der Waals surface area contributed by atoms with E-state index in [1.807, 2.05) is 0 Å². The predicted molar refractivity (Wildman–Crippen MR) is 70.9 cm³/mol. The molecule has 17 heavy (non-hydrogen) atoms. The van der Waals surface area contributed by atoms with E-state index in [0.717, 1.165) is 19.3 Å². The Bertz CT molecular complexity index is 387. The number of benzene rings is 1. The first-order valence-electron chi connectivity index (χ1n) is 5.28. The largest absolute Gasteiger partial charge is 0.487 e. The second-order valence-electron chi connectivity index (χ2n) is 3.47. The SMILES string of the molecule is O=[N+]([O-])c1cc(Br)ccc1OCCCCCCl. The van der Waals surface area contributed by atoms with Crippen LogP contribution in [0.5, 0.6) is 5.75 Å². The number of hydrogen-bond donors (Lipinski definition) is 0. The zero-order valence-corrected chi connectivity index (χ0v) is 11.5. The summed E-state index contributed by atoms with van der Waals surface area (Å²) in [6.45, 7) is 0.472. The van der Waals surface area contributed by atoms with Crippen LogP contribution in [0.3, 0.4) is 0 Å². The topological polar surface area (TPSA) is 52.4 Å². The van der Waals surface area contributed by atoms with Gasteiger partial charge in [-0.05, 0) is 31.4 Å². The Labute approximate surface area is 113 Å². The van der Waals surface area contributed by atoms with Gasteiger partial charge in [-0.15, -0.1) is 11.6 Å². The molecule has 0 unspecified atom stereocenters. The van der Waals surface area contributed by atoms with Crippen LogP contribution in [0, 0.1) is 10.1 Å². The first-order valence-corrected chi connectivity index (χ1v) is 6.60. The molecule has 0 aliphatic carbocycles. The van der Waals surface area contributed by atoms with Crippen molar-refractivity contribution in [3.63, 3.8) is 0 Å². The van der Waals surface area contributed by atoms with Gasteiger partial charge in [0.15, 0.2) is 5.75 Å². The molecule has 0 N–H and O–H groups in total. The number of hydrogen-bond acceptors (Lipinski definition) is 3. The van der Waals surface area contributed by atoms with Crippen LogP contribution >= 0.6 is 27.5 Å². The lowest BCUT2D eigenvalue weighted by Gasteiger charge is -2.06. The van der Waals surface area contributed by atoms with Crippen LogP contribution < -0.4 is 4.74 Å². The monoisotopic (exact) mass is 321 g/mol. The van der Waals surface area contributed by atoms with E-state index in [2.05, 4.69) is 15.9 Å². The van der Waals surface area contributed by atoms with Crippen LogP contribution in [0.1, 0.15) is 19.3 Å². The second kappa shape index (κ2) is 7.50. The molecule has 0 aromatic heterocycles. The molecular formula is C11H13BrClNO3. The van der Waals surface area contributed by atoms with Gasteiger partial charge in [-0.1, -0.05) is 15.9 Å². The number of nitrogens with zero attached hydrogens (tertiary/aromatic N) is 1. The number of nitro benzene ring substituents is 1. The summed E-state index contributed by atoms with van der Waals surface area (Å²) >= 11 is 8.74. The lowest BCUT2D eigenvalue weighted by atomic mass is 10.2. The summed E-state index contributed by atoms with van der Waals surface area (Å²) in [5.41, 5.74) is -0.0169. The van der Waals surface area contributed by atoms with Crippen molar-refractivity contribution in [2.45, 2.75) is 19.3 Å². The molecule has 0 bridgehead atoms. The Morgan fingerprint density at radius 2 is 2.12 bits per heavy atom. The van der Waals surface area contributed by atoms with Crippen LogP contribution in [0.25, 0.3) is 0 Å². The average molecular weight is 323 g/mol. The molecule has 6 heteroatoms. The maximum atomic E-state index is 10.8. The van der Waals surface area contributed by atoms with Crippen molar-refractivity contribution in [2.24, 2.45) is 0 Å². The van der Waals surface area contributed by atoms with Crippen LogP contribution in [0.15, 0.2) is 22.7 Å². The van der Waals surface area contributed by atoms with Crippen molar-refractivity contribution >= 4 is 33.2 Å². The van der Waals surface area contributed by atoms with E-state index in [4.69, 9.17) is 16.3 Å². The number of ether oxygens (including phenoxy) is 1. The van der Waals surface area contributed by atoms with Crippen molar-refractivity contribution in [1.82, 2.24) is 0 Å². The molecular weight excluding hydrogens is 309 g/mol. The summed E-state index contributed by atoms with van der Waals surface area (Å²) in [6.07, 6.45) is 2.75. The van der Waals surface area contributed by atoms with E-state index in [1.54, 1.807) is 12.1 Å². The molecule has 0 fully saturated rings. The molecule has 0 heterocycles. The second-order valence-corrected chi connectivity index (χ2v) is 4.76. The highest BCUT2D eigenvalue weighted by Gasteiger charge is 2.15. The molecule has 0 saturated carbocycles. The summed E-state index contributed by atoms with van der Waals surface area (Å²) in [5.74, 6) is 0.947. The minimum atomic E-state index is -0.446. The van der Waals surface area contributed by atoms with E-state index in [0.29, 0.717) is 22.7 Å². The van der Waals surface area contributed by atoms with Gasteiger partial charge in [0.05, 0.1) is 11.5 Å². The highest BCUT2D eigenvalue weighted by Crippen LogP contribution is 2.30. The fraction of sp³-hybridized carbons (Fsp3) is 0.455. The molecule has 0 saturated heterocycles. The van der Waals surface area contributed by atoms with Gasteiger partial charge in [0.1, 0.15) is 0 Å². The first-order chi connectivity index (χ1) is 8.15. The molecule has 0 radical (unpaired) electrons. The third kappa shape index (κ3) is 4.91. The average Bonchev–Trinajstić information content (AvgIpc) is 2.30. The number of halogens is 2. The smallest absolute Gasteiger partial charge is 0.312 e. The van der Waals surface area contributed by atoms with E-state index in [9.17, 15) is 10.1 Å². The van der Waals surface area contributed by atoms with Gasteiger partial charge < -0.3 is 4.74 Å². The highest BCUT2D eigenvalue weighted by atomic mass is 79.9. The molecule has 0 atom stereocenters. The minimum absolute atomic E-state index is 0.0169. The van der Waals surface area contributed by atoms with E-state index < -0.39 is 4.92 Å². The summed E-state index contributed by atoms with van der Waals surface area (Å²) < 4.78 is 6.06. The lowest BCUT2D eigenvalue weighted by Crippen LogP contribution is -2.00. The van der Waals surface area contributed by atoms with Crippen LogP contribution in [0.4, 0.5) is 5.69 Å². The number of rotatable bonds is 7. The molecule has 0 aliphatic heterocycles. The maximum absolute atomic E-state index is 10.8. The molecule has 4 nitrogen and oxygen atoms in total. The molecule has 1 aromatic carbocycles. The molecule has 1 aromatic rings. The van der Waals surface area contributed by atoms with Crippen molar-refractivity contribution in [2.75, 3.05) is 12.5 Å². The van der Waals surface area contributed by atoms with E-state index >= 15 is 0 Å². The van der Waals surface area contributed by atoms with Gasteiger partial charge in [-0.3, -0.25) is 10.1 Å². The molecule has 94 valence electrons. The van der Waals surface area contributed by atoms with Gasteiger partial charge in [0.25, 0.3) is 0 Å². The van der Waals surface area contributed by atoms with Gasteiger partial charge in [-0.2, -0.15) is 0 Å². The quantitative estimate of drug-likeness (QED) is 0.328. The van der Waals surface area contributed by atoms with Gasteiger partial charge in [0, 0.05) is 16.4 Å². The normalized spacial score (nSPS) is 10.2. The zero-order chi connectivity index (χ0) is 12.7. The van der Waals surface area contributed by atoms with Gasteiger partial charge in [0.2, 0.25) is 0 Å². The minimum Gasteiger partial charge on any atom is -0.487 e. The highest BCUT2D eigenvalue weighted by molar-refractivity contribution is 9.10. The van der Waals surface area contributed by atoms with Crippen molar-refractivity contribution in [1.29, 1.82) is 0 Å². The Morgan fingerprint density at radius 3 is 2.76 bits per heavy atom. The number of unbranched alkanes of at least 4 members (excludes halogenated alkanes) is 2. The van der Waals surface area contributed by atoms with E-state index in [-0.39, 0.29) is 5.69 Å². The van der Waals surface area contributed by atoms with Crippen molar-refractivity contribution in [3.8, 4) is 5.75 Å². The van der Waals surface area contributed by atoms with E-state index in [1.165, 1.54) is 6.07 Å². The van der Waals surface area contributed by atoms with Crippen LogP contribution in [0.2, 0.25) is 0 Å².